The van der Waals surface area contributed by atoms with Crippen molar-refractivity contribution < 1.29 is 14.3 Å². The molecule has 0 unspecified atom stereocenters. The van der Waals surface area contributed by atoms with E-state index in [1.165, 1.54) is 18.2 Å². The van der Waals surface area contributed by atoms with Gasteiger partial charge in [0.2, 0.25) is 0 Å². The number of phenolic OH excluding ortho intramolecular Hbond substituents is 1. The van der Waals surface area contributed by atoms with Gasteiger partial charge in [0.25, 0.3) is 0 Å². The van der Waals surface area contributed by atoms with Crippen molar-refractivity contribution in [3.63, 3.8) is 0 Å². The Bertz CT molecular complexity index is 377. The Kier molecular flexibility index (Phi) is 2.71. The predicted octanol–water partition coefficient (Wildman–Crippen LogP) is 2.76. The second kappa shape index (κ2) is 4.01. The van der Waals surface area contributed by atoms with Gasteiger partial charge >= 0.3 is 0 Å². The molecule has 1 aromatic carbocycles. The van der Waals surface area contributed by atoms with Gasteiger partial charge < -0.3 is 5.11 Å². The predicted molar refractivity (Wildman–Crippen MR) is 54.3 cm³/mol. The van der Waals surface area contributed by atoms with Crippen molar-refractivity contribution in [2.45, 2.75) is 31.6 Å². The third kappa shape index (κ3) is 2.17. The standard InChI is InChI=1S/C12H13FO2/c13-9-3-6-12(15)11(7-9)8-1-4-10(14)5-2-8/h3,6-8,15H,1-2,4-5H2. The molecule has 1 fully saturated rings. The van der Waals surface area contributed by atoms with Crippen molar-refractivity contribution in [2.75, 3.05) is 0 Å². The minimum Gasteiger partial charge on any atom is -0.508 e. The Morgan fingerprint density at radius 2 is 1.93 bits per heavy atom. The normalized spacial score (nSPS) is 18.1. The van der Waals surface area contributed by atoms with Crippen LogP contribution in [0.5, 0.6) is 5.75 Å². The molecule has 1 aliphatic rings. The fourth-order valence-electron chi connectivity index (χ4n) is 2.10. The molecule has 0 saturated heterocycles. The first-order valence-electron chi connectivity index (χ1n) is 5.17. The lowest BCUT2D eigenvalue weighted by Gasteiger charge is -2.21. The summed E-state index contributed by atoms with van der Waals surface area (Å²) in [7, 11) is 0. The number of benzene rings is 1. The number of phenols is 1. The molecule has 80 valence electrons. The van der Waals surface area contributed by atoms with Gasteiger partial charge in [-0.3, -0.25) is 4.79 Å². The van der Waals surface area contributed by atoms with E-state index < -0.39 is 0 Å². The van der Waals surface area contributed by atoms with Crippen LogP contribution in [0.4, 0.5) is 4.39 Å². The lowest BCUT2D eigenvalue weighted by Crippen LogP contribution is -2.12. The SMILES string of the molecule is O=C1CCC(c2cc(F)ccc2O)CC1. The van der Waals surface area contributed by atoms with Crippen LogP contribution in [0.25, 0.3) is 0 Å². The van der Waals surface area contributed by atoms with Crippen LogP contribution in [0.2, 0.25) is 0 Å². The smallest absolute Gasteiger partial charge is 0.132 e. The number of halogens is 1. The van der Waals surface area contributed by atoms with E-state index in [0.717, 1.165) is 12.8 Å². The maximum Gasteiger partial charge on any atom is 0.132 e. The average Bonchev–Trinajstić information content (AvgIpc) is 2.23. The number of ketones is 1. The summed E-state index contributed by atoms with van der Waals surface area (Å²) in [5.41, 5.74) is 0.641. The molecule has 15 heavy (non-hydrogen) atoms. The highest BCUT2D eigenvalue weighted by molar-refractivity contribution is 5.79. The third-order valence-electron chi connectivity index (χ3n) is 2.97. The molecule has 2 rings (SSSR count). The van der Waals surface area contributed by atoms with Gasteiger partial charge in [-0.1, -0.05) is 0 Å². The van der Waals surface area contributed by atoms with Crippen molar-refractivity contribution in [1.82, 2.24) is 0 Å². The van der Waals surface area contributed by atoms with Gasteiger partial charge in [0.1, 0.15) is 17.3 Å². The van der Waals surface area contributed by atoms with E-state index >= 15 is 0 Å². The van der Waals surface area contributed by atoms with Gasteiger partial charge in [-0.2, -0.15) is 0 Å². The quantitative estimate of drug-likeness (QED) is 0.770. The van der Waals surface area contributed by atoms with Crippen LogP contribution in [0.15, 0.2) is 18.2 Å². The largest absolute Gasteiger partial charge is 0.508 e. The van der Waals surface area contributed by atoms with Crippen LogP contribution in [0.1, 0.15) is 37.2 Å². The van der Waals surface area contributed by atoms with Crippen LogP contribution < -0.4 is 0 Å². The van der Waals surface area contributed by atoms with E-state index in [0.29, 0.717) is 18.4 Å². The zero-order valence-electron chi connectivity index (χ0n) is 8.37. The number of carbonyl (C=O) groups excluding carboxylic acids is 1. The molecule has 3 heteroatoms. The van der Waals surface area contributed by atoms with Crippen molar-refractivity contribution in [3.8, 4) is 5.75 Å². The first-order chi connectivity index (χ1) is 7.16. The van der Waals surface area contributed by atoms with E-state index in [1.54, 1.807) is 0 Å². The van der Waals surface area contributed by atoms with Crippen LogP contribution >= 0.6 is 0 Å². The number of hydrogen-bond donors (Lipinski definition) is 1. The topological polar surface area (TPSA) is 37.3 Å². The molecule has 1 aliphatic carbocycles. The molecular weight excluding hydrogens is 195 g/mol. The molecule has 0 amide bonds. The summed E-state index contributed by atoms with van der Waals surface area (Å²) in [5, 5.41) is 9.60. The van der Waals surface area contributed by atoms with E-state index in [1.807, 2.05) is 0 Å². The summed E-state index contributed by atoms with van der Waals surface area (Å²) in [6, 6.07) is 3.99. The summed E-state index contributed by atoms with van der Waals surface area (Å²) < 4.78 is 13.0. The lowest BCUT2D eigenvalue weighted by molar-refractivity contribution is -0.120. The van der Waals surface area contributed by atoms with Gasteiger partial charge in [-0.15, -0.1) is 0 Å². The summed E-state index contributed by atoms with van der Waals surface area (Å²) in [4.78, 5) is 11.1. The Hall–Kier alpha value is -1.38. The highest BCUT2D eigenvalue weighted by Crippen LogP contribution is 2.36. The Morgan fingerprint density at radius 1 is 1.27 bits per heavy atom. The highest BCUT2D eigenvalue weighted by atomic mass is 19.1. The van der Waals surface area contributed by atoms with Crippen molar-refractivity contribution in [3.05, 3.63) is 29.6 Å². The number of carbonyl (C=O) groups is 1. The molecule has 1 saturated carbocycles. The fourth-order valence-corrected chi connectivity index (χ4v) is 2.10. The van der Waals surface area contributed by atoms with Crippen LogP contribution in [0.3, 0.4) is 0 Å². The van der Waals surface area contributed by atoms with Crippen molar-refractivity contribution in [1.29, 1.82) is 0 Å². The molecular formula is C12H13FO2. The van der Waals surface area contributed by atoms with Crippen molar-refractivity contribution in [2.24, 2.45) is 0 Å². The van der Waals surface area contributed by atoms with Gasteiger partial charge in [-0.25, -0.2) is 4.39 Å². The van der Waals surface area contributed by atoms with Gasteiger partial charge in [0.15, 0.2) is 0 Å². The number of hydrogen-bond acceptors (Lipinski definition) is 2. The zero-order valence-corrected chi connectivity index (χ0v) is 8.37. The Morgan fingerprint density at radius 3 is 2.60 bits per heavy atom. The first-order valence-corrected chi connectivity index (χ1v) is 5.17. The molecule has 2 nitrogen and oxygen atoms in total. The Balaban J connectivity index is 2.21. The molecule has 0 bridgehead atoms. The summed E-state index contributed by atoms with van der Waals surface area (Å²) in [5.74, 6) is 0.191. The van der Waals surface area contributed by atoms with E-state index in [9.17, 15) is 14.3 Å². The number of Topliss-reactive ketones (excluding diaryl/α,β-unsaturated/α-hetero) is 1. The number of aromatic hydroxyl groups is 1. The van der Waals surface area contributed by atoms with Gasteiger partial charge in [0.05, 0.1) is 0 Å². The highest BCUT2D eigenvalue weighted by Gasteiger charge is 2.22. The van der Waals surface area contributed by atoms with Gasteiger partial charge in [0, 0.05) is 12.8 Å². The lowest BCUT2D eigenvalue weighted by atomic mass is 9.83. The fraction of sp³-hybridized carbons (Fsp3) is 0.417. The second-order valence-electron chi connectivity index (χ2n) is 4.02. The maximum absolute atomic E-state index is 13.0. The third-order valence-corrected chi connectivity index (χ3v) is 2.97. The van der Waals surface area contributed by atoms with Crippen molar-refractivity contribution >= 4 is 5.78 Å². The molecule has 0 spiro atoms. The summed E-state index contributed by atoms with van der Waals surface area (Å²) in [6.07, 6.45) is 2.52. The Labute approximate surface area is 87.7 Å². The van der Waals surface area contributed by atoms with Crippen LogP contribution in [-0.4, -0.2) is 10.9 Å². The molecule has 0 atom stereocenters. The monoisotopic (exact) mass is 208 g/mol. The van der Waals surface area contributed by atoms with E-state index in [4.69, 9.17) is 0 Å². The molecule has 1 N–H and O–H groups in total. The zero-order chi connectivity index (χ0) is 10.8. The average molecular weight is 208 g/mol. The minimum atomic E-state index is -0.334. The van der Waals surface area contributed by atoms with E-state index in [2.05, 4.69) is 0 Å². The number of rotatable bonds is 1. The molecule has 1 aromatic rings. The summed E-state index contributed by atoms with van der Waals surface area (Å²) >= 11 is 0. The molecule has 0 heterocycles. The van der Waals surface area contributed by atoms with Crippen LogP contribution in [-0.2, 0) is 4.79 Å². The maximum atomic E-state index is 13.0. The molecule has 0 aliphatic heterocycles. The minimum absolute atomic E-state index is 0.124. The molecule has 0 radical (unpaired) electrons. The first kappa shape index (κ1) is 10.1. The van der Waals surface area contributed by atoms with Gasteiger partial charge in [-0.05, 0) is 42.5 Å². The molecule has 0 aromatic heterocycles. The second-order valence-corrected chi connectivity index (χ2v) is 4.02. The summed E-state index contributed by atoms with van der Waals surface area (Å²) in [6.45, 7) is 0. The van der Waals surface area contributed by atoms with Crippen LogP contribution in [0, 0.1) is 5.82 Å². The van der Waals surface area contributed by atoms with E-state index in [-0.39, 0.29) is 23.3 Å².